The molecular formula is C13H16N4O4S2. The number of aromatic nitrogens is 2. The number of nitrogens with zero attached hydrogens (tertiary/aromatic N) is 4. The zero-order valence-electron chi connectivity index (χ0n) is 12.5. The first-order valence-corrected chi connectivity index (χ1v) is 9.77. The molecule has 2 aromatic heterocycles. The summed E-state index contributed by atoms with van der Waals surface area (Å²) in [7, 11) is -3.45. The van der Waals surface area contributed by atoms with E-state index in [2.05, 4.69) is 4.98 Å². The Morgan fingerprint density at radius 1 is 1.39 bits per heavy atom. The van der Waals surface area contributed by atoms with Gasteiger partial charge in [0, 0.05) is 43.8 Å². The quantitative estimate of drug-likeness (QED) is 0.614. The first-order valence-electron chi connectivity index (χ1n) is 7.07. The molecule has 0 amide bonds. The minimum atomic E-state index is -3.45. The normalized spacial score (nSPS) is 16.7. The molecule has 0 spiro atoms. The number of anilines is 1. The van der Waals surface area contributed by atoms with Gasteiger partial charge in [-0.05, 0) is 12.8 Å². The molecule has 124 valence electrons. The van der Waals surface area contributed by atoms with Crippen molar-refractivity contribution in [2.45, 2.75) is 23.1 Å². The lowest BCUT2D eigenvalue weighted by atomic mass is 10.1. The van der Waals surface area contributed by atoms with Gasteiger partial charge in [-0.25, -0.2) is 13.4 Å². The Kier molecular flexibility index (Phi) is 4.11. The Hall–Kier alpha value is -1.94. The third-order valence-corrected chi connectivity index (χ3v) is 6.92. The first kappa shape index (κ1) is 15.9. The first-order chi connectivity index (χ1) is 10.9. The van der Waals surface area contributed by atoms with Crippen molar-refractivity contribution in [3.8, 4) is 0 Å². The van der Waals surface area contributed by atoms with E-state index in [0.717, 1.165) is 36.5 Å². The largest absolute Gasteiger partial charge is 0.358 e. The van der Waals surface area contributed by atoms with Gasteiger partial charge in [-0.1, -0.05) is 11.3 Å². The minimum absolute atomic E-state index is 0.0379. The highest BCUT2D eigenvalue weighted by Crippen LogP contribution is 2.41. The molecule has 1 fully saturated rings. The second kappa shape index (κ2) is 5.93. The van der Waals surface area contributed by atoms with Gasteiger partial charge in [-0.2, -0.15) is 0 Å². The fraction of sp³-hybridized carbons (Fsp3) is 0.462. The topological polar surface area (TPSA) is 98.3 Å². The summed E-state index contributed by atoms with van der Waals surface area (Å²) in [5.74, 6) is 0. The molecule has 0 atom stereocenters. The number of nitro groups is 1. The van der Waals surface area contributed by atoms with E-state index in [4.69, 9.17) is 0 Å². The predicted octanol–water partition coefficient (Wildman–Crippen LogP) is 2.10. The molecule has 1 aliphatic heterocycles. The van der Waals surface area contributed by atoms with Crippen molar-refractivity contribution in [2.24, 2.45) is 0 Å². The summed E-state index contributed by atoms with van der Waals surface area (Å²) in [6, 6.07) is 1.49. The Morgan fingerprint density at radius 2 is 2.09 bits per heavy atom. The molecule has 0 saturated carbocycles. The maximum absolute atomic E-state index is 11.7. The van der Waals surface area contributed by atoms with Crippen LogP contribution in [0.15, 0.2) is 29.0 Å². The summed E-state index contributed by atoms with van der Waals surface area (Å²) in [6.07, 6.45) is 8.15. The molecule has 0 unspecified atom stereocenters. The van der Waals surface area contributed by atoms with Crippen LogP contribution in [0.2, 0.25) is 0 Å². The van der Waals surface area contributed by atoms with Crippen LogP contribution in [0.3, 0.4) is 0 Å². The average Bonchev–Trinajstić information content (AvgIpc) is 3.16. The van der Waals surface area contributed by atoms with Gasteiger partial charge in [0.2, 0.25) is 0 Å². The van der Waals surface area contributed by atoms with Crippen LogP contribution in [-0.2, 0) is 9.84 Å². The lowest BCUT2D eigenvalue weighted by Crippen LogP contribution is -2.34. The van der Waals surface area contributed by atoms with Gasteiger partial charge in [0.1, 0.15) is 4.21 Å². The van der Waals surface area contributed by atoms with E-state index in [1.165, 1.54) is 0 Å². The molecule has 23 heavy (non-hydrogen) atoms. The van der Waals surface area contributed by atoms with Crippen LogP contribution in [0.4, 0.5) is 10.7 Å². The molecular weight excluding hydrogens is 340 g/mol. The van der Waals surface area contributed by atoms with Crippen molar-refractivity contribution in [3.63, 3.8) is 0 Å². The number of rotatable bonds is 4. The summed E-state index contributed by atoms with van der Waals surface area (Å²) in [6.45, 7) is 1.29. The molecule has 2 aromatic rings. The maximum atomic E-state index is 11.7. The Labute approximate surface area is 137 Å². The van der Waals surface area contributed by atoms with Crippen molar-refractivity contribution in [1.29, 1.82) is 0 Å². The fourth-order valence-corrected chi connectivity index (χ4v) is 4.82. The molecule has 3 heterocycles. The van der Waals surface area contributed by atoms with E-state index in [9.17, 15) is 18.5 Å². The SMILES string of the molecule is CS(=O)(=O)c1cc([N+](=O)[O-])c(N2CCC(n3ccnc3)CC2)s1. The van der Waals surface area contributed by atoms with Crippen LogP contribution >= 0.6 is 11.3 Å². The standard InChI is InChI=1S/C13H16N4O4S2/c1-23(20,21)12-8-11(17(18)19)13(22-12)15-5-2-10(3-6-15)16-7-4-14-9-16/h4,7-10H,2-3,5-6H2,1H3. The van der Waals surface area contributed by atoms with Gasteiger partial charge < -0.3 is 9.47 Å². The Morgan fingerprint density at radius 3 is 2.61 bits per heavy atom. The summed E-state index contributed by atoms with van der Waals surface area (Å²) in [5.41, 5.74) is -0.128. The number of imidazole rings is 1. The number of hydrogen-bond donors (Lipinski definition) is 0. The monoisotopic (exact) mass is 356 g/mol. The summed E-state index contributed by atoms with van der Waals surface area (Å²) >= 11 is 0.977. The van der Waals surface area contributed by atoms with E-state index >= 15 is 0 Å². The van der Waals surface area contributed by atoms with Crippen LogP contribution in [-0.4, -0.2) is 42.2 Å². The van der Waals surface area contributed by atoms with E-state index in [0.29, 0.717) is 24.1 Å². The molecule has 1 aliphatic rings. The van der Waals surface area contributed by atoms with E-state index in [1.807, 2.05) is 15.7 Å². The van der Waals surface area contributed by atoms with Crippen molar-refractivity contribution >= 4 is 31.9 Å². The molecule has 8 nitrogen and oxygen atoms in total. The van der Waals surface area contributed by atoms with Gasteiger partial charge in [-0.15, -0.1) is 0 Å². The van der Waals surface area contributed by atoms with Gasteiger partial charge in [0.15, 0.2) is 14.8 Å². The number of thiophene rings is 1. The van der Waals surface area contributed by atoms with Gasteiger partial charge >= 0.3 is 5.69 Å². The lowest BCUT2D eigenvalue weighted by molar-refractivity contribution is -0.383. The summed E-state index contributed by atoms with van der Waals surface area (Å²) in [4.78, 5) is 16.7. The summed E-state index contributed by atoms with van der Waals surface area (Å²) in [5, 5.41) is 11.7. The van der Waals surface area contributed by atoms with Gasteiger partial charge in [-0.3, -0.25) is 10.1 Å². The van der Waals surface area contributed by atoms with Crippen LogP contribution < -0.4 is 4.90 Å². The molecule has 0 radical (unpaired) electrons. The lowest BCUT2D eigenvalue weighted by Gasteiger charge is -2.32. The van der Waals surface area contributed by atoms with Crippen LogP contribution in [0.1, 0.15) is 18.9 Å². The van der Waals surface area contributed by atoms with Gasteiger partial charge in [0.25, 0.3) is 0 Å². The third-order valence-electron chi connectivity index (χ3n) is 3.93. The minimum Gasteiger partial charge on any atom is -0.358 e. The Bertz CT molecular complexity index is 805. The van der Waals surface area contributed by atoms with Crippen molar-refractivity contribution in [2.75, 3.05) is 24.2 Å². The zero-order chi connectivity index (χ0) is 16.6. The molecule has 0 N–H and O–H groups in total. The van der Waals surface area contributed by atoms with Gasteiger partial charge in [0.05, 0.1) is 11.3 Å². The van der Waals surface area contributed by atoms with Crippen LogP contribution in [0.5, 0.6) is 0 Å². The van der Waals surface area contributed by atoms with Crippen molar-refractivity contribution in [1.82, 2.24) is 9.55 Å². The van der Waals surface area contributed by atoms with Crippen LogP contribution in [0.25, 0.3) is 0 Å². The number of hydrogen-bond acceptors (Lipinski definition) is 7. The molecule has 1 saturated heterocycles. The molecule has 10 heteroatoms. The Balaban J connectivity index is 1.82. The number of piperidine rings is 1. The predicted molar refractivity (Wildman–Crippen MR) is 86.8 cm³/mol. The van der Waals surface area contributed by atoms with Crippen molar-refractivity contribution in [3.05, 3.63) is 34.9 Å². The van der Waals surface area contributed by atoms with Crippen LogP contribution in [0, 0.1) is 10.1 Å². The van der Waals surface area contributed by atoms with E-state index < -0.39 is 14.8 Å². The zero-order valence-corrected chi connectivity index (χ0v) is 14.1. The fourth-order valence-electron chi connectivity index (χ4n) is 2.74. The molecule has 3 rings (SSSR count). The molecule has 0 aromatic carbocycles. The summed E-state index contributed by atoms with van der Waals surface area (Å²) < 4.78 is 25.4. The number of sulfone groups is 1. The molecule has 0 bridgehead atoms. The second-order valence-corrected chi connectivity index (χ2v) is 8.79. The third kappa shape index (κ3) is 3.22. The van der Waals surface area contributed by atoms with Crippen molar-refractivity contribution < 1.29 is 13.3 Å². The highest BCUT2D eigenvalue weighted by atomic mass is 32.2. The van der Waals surface area contributed by atoms with E-state index in [1.54, 1.807) is 12.5 Å². The highest BCUT2D eigenvalue weighted by Gasteiger charge is 2.30. The molecule has 0 aliphatic carbocycles. The second-order valence-electron chi connectivity index (χ2n) is 5.51. The maximum Gasteiger partial charge on any atom is 0.305 e. The van der Waals surface area contributed by atoms with E-state index in [-0.39, 0.29) is 9.90 Å². The smallest absolute Gasteiger partial charge is 0.305 e. The average molecular weight is 356 g/mol. The highest BCUT2D eigenvalue weighted by molar-refractivity contribution is 7.92.